The average Bonchev–Trinajstić information content (AvgIpc) is 3.06. The third kappa shape index (κ3) is 2.21. The lowest BCUT2D eigenvalue weighted by Crippen LogP contribution is -2.36. The van der Waals surface area contributed by atoms with E-state index in [0.717, 1.165) is 28.5 Å². The van der Waals surface area contributed by atoms with Gasteiger partial charge >= 0.3 is 0 Å². The molecule has 0 fully saturated rings. The molecule has 0 aliphatic carbocycles. The Morgan fingerprint density at radius 2 is 2.00 bits per heavy atom. The lowest BCUT2D eigenvalue weighted by Gasteiger charge is -2.13. The number of aromatic hydroxyl groups is 1. The van der Waals surface area contributed by atoms with E-state index in [4.69, 9.17) is 0 Å². The Kier molecular flexibility index (Phi) is 3.51. The monoisotopic (exact) mass is 337 g/mol. The normalized spacial score (nSPS) is 14.1. The molecule has 6 heteroatoms. The van der Waals surface area contributed by atoms with E-state index in [1.807, 2.05) is 13.8 Å². The van der Waals surface area contributed by atoms with Gasteiger partial charge in [0.15, 0.2) is 0 Å². The van der Waals surface area contributed by atoms with E-state index in [1.165, 1.54) is 4.90 Å². The van der Waals surface area contributed by atoms with Gasteiger partial charge in [-0.25, -0.2) is 0 Å². The van der Waals surface area contributed by atoms with E-state index in [0.29, 0.717) is 29.6 Å². The van der Waals surface area contributed by atoms with Crippen molar-refractivity contribution in [1.29, 1.82) is 0 Å². The molecule has 0 radical (unpaired) electrons. The summed E-state index contributed by atoms with van der Waals surface area (Å²) in [7, 11) is 0. The molecule has 6 nitrogen and oxygen atoms in total. The molecule has 3 aromatic rings. The molecule has 0 bridgehead atoms. The largest absolute Gasteiger partial charge is 0.508 e. The standard InChI is InChI=1S/C19H19N3O3/c1-3-20-6-7-22-18(24)13-8-10(2)17-15(16(13)19(22)25)12-9-11(23)4-5-14(12)21-17/h4-5,8-9,20-21,23H,3,6-7H2,1-2H3. The van der Waals surface area contributed by atoms with Crippen LogP contribution in [0.25, 0.3) is 21.8 Å². The Balaban J connectivity index is 1.95. The maximum Gasteiger partial charge on any atom is 0.262 e. The lowest BCUT2D eigenvalue weighted by molar-refractivity contribution is 0.0656. The van der Waals surface area contributed by atoms with Crippen LogP contribution in [0.5, 0.6) is 5.75 Å². The van der Waals surface area contributed by atoms with Crippen LogP contribution in [0, 0.1) is 6.92 Å². The van der Waals surface area contributed by atoms with E-state index in [2.05, 4.69) is 10.3 Å². The van der Waals surface area contributed by atoms with Gasteiger partial charge in [0, 0.05) is 29.4 Å². The number of hydrogen-bond donors (Lipinski definition) is 3. The number of phenolic OH excluding ortho intramolecular Hbond substituents is 1. The van der Waals surface area contributed by atoms with Crippen LogP contribution in [0.2, 0.25) is 0 Å². The summed E-state index contributed by atoms with van der Waals surface area (Å²) in [6.07, 6.45) is 0. The number of aryl methyl sites for hydroxylation is 1. The highest BCUT2D eigenvalue weighted by atomic mass is 16.3. The maximum absolute atomic E-state index is 13.0. The summed E-state index contributed by atoms with van der Waals surface area (Å²) in [6, 6.07) is 6.79. The van der Waals surface area contributed by atoms with Crippen molar-refractivity contribution in [1.82, 2.24) is 15.2 Å². The third-order valence-electron chi connectivity index (χ3n) is 4.75. The zero-order valence-electron chi connectivity index (χ0n) is 14.1. The predicted octanol–water partition coefficient (Wildman–Crippen LogP) is 2.54. The number of imide groups is 1. The molecular weight excluding hydrogens is 318 g/mol. The van der Waals surface area contributed by atoms with Crippen LogP contribution in [-0.2, 0) is 0 Å². The SMILES string of the molecule is CCNCCN1C(=O)c2cc(C)c3[nH]c4ccc(O)cc4c3c2C1=O. The van der Waals surface area contributed by atoms with E-state index in [1.54, 1.807) is 24.3 Å². The second kappa shape index (κ2) is 5.60. The maximum atomic E-state index is 13.0. The van der Waals surface area contributed by atoms with Crippen LogP contribution >= 0.6 is 0 Å². The number of phenols is 1. The number of benzene rings is 2. The van der Waals surface area contributed by atoms with Crippen molar-refractivity contribution >= 4 is 33.6 Å². The van der Waals surface area contributed by atoms with Crippen molar-refractivity contribution < 1.29 is 14.7 Å². The van der Waals surface area contributed by atoms with E-state index in [-0.39, 0.29) is 17.6 Å². The first-order valence-electron chi connectivity index (χ1n) is 8.37. The fourth-order valence-corrected chi connectivity index (χ4v) is 3.56. The molecule has 25 heavy (non-hydrogen) atoms. The molecule has 1 aliphatic heterocycles. The molecule has 4 rings (SSSR count). The number of amides is 2. The van der Waals surface area contributed by atoms with Gasteiger partial charge in [0.2, 0.25) is 0 Å². The quantitative estimate of drug-likeness (QED) is 0.504. The number of fused-ring (bicyclic) bond motifs is 5. The fourth-order valence-electron chi connectivity index (χ4n) is 3.56. The average molecular weight is 337 g/mol. The first kappa shape index (κ1) is 15.7. The van der Waals surface area contributed by atoms with Crippen LogP contribution in [-0.4, -0.2) is 46.4 Å². The van der Waals surface area contributed by atoms with Crippen LogP contribution in [0.15, 0.2) is 24.3 Å². The van der Waals surface area contributed by atoms with Crippen molar-refractivity contribution in [2.75, 3.05) is 19.6 Å². The Hall–Kier alpha value is -2.86. The van der Waals surface area contributed by atoms with E-state index >= 15 is 0 Å². The molecule has 0 saturated heterocycles. The van der Waals surface area contributed by atoms with Crippen LogP contribution in [0.1, 0.15) is 33.2 Å². The summed E-state index contributed by atoms with van der Waals surface area (Å²) in [5.41, 5.74) is 3.43. The number of hydrogen-bond acceptors (Lipinski definition) is 4. The van der Waals surface area contributed by atoms with Gasteiger partial charge in [0.1, 0.15) is 5.75 Å². The zero-order chi connectivity index (χ0) is 17.7. The van der Waals surface area contributed by atoms with Crippen molar-refractivity contribution in [3.63, 3.8) is 0 Å². The number of likely N-dealkylation sites (N-methyl/N-ethyl adjacent to an activating group) is 1. The number of carbonyl (C=O) groups excluding carboxylic acids is 2. The minimum Gasteiger partial charge on any atom is -0.508 e. The summed E-state index contributed by atoms with van der Waals surface area (Å²) in [5.74, 6) is -0.394. The Morgan fingerprint density at radius 1 is 1.20 bits per heavy atom. The fraction of sp³-hybridized carbons (Fsp3) is 0.263. The molecule has 2 aromatic carbocycles. The molecule has 2 heterocycles. The van der Waals surface area contributed by atoms with Gasteiger partial charge in [-0.3, -0.25) is 14.5 Å². The molecule has 0 saturated carbocycles. The third-order valence-corrected chi connectivity index (χ3v) is 4.75. The number of carbonyl (C=O) groups is 2. The van der Waals surface area contributed by atoms with Crippen LogP contribution in [0.3, 0.4) is 0 Å². The molecule has 128 valence electrons. The van der Waals surface area contributed by atoms with Gasteiger partial charge in [-0.15, -0.1) is 0 Å². The van der Waals surface area contributed by atoms with Gasteiger partial charge in [-0.2, -0.15) is 0 Å². The highest BCUT2D eigenvalue weighted by molar-refractivity contribution is 6.30. The summed E-state index contributed by atoms with van der Waals surface area (Å²) in [6.45, 7) is 5.59. The van der Waals surface area contributed by atoms with Crippen LogP contribution < -0.4 is 5.32 Å². The van der Waals surface area contributed by atoms with Crippen LogP contribution in [0.4, 0.5) is 0 Å². The first-order chi connectivity index (χ1) is 12.0. The van der Waals surface area contributed by atoms with Gasteiger partial charge in [-0.05, 0) is 43.3 Å². The molecule has 2 amide bonds. The summed E-state index contributed by atoms with van der Waals surface area (Å²) < 4.78 is 0. The minimum atomic E-state index is -0.271. The number of H-pyrrole nitrogens is 1. The minimum absolute atomic E-state index is 0.129. The van der Waals surface area contributed by atoms with Gasteiger partial charge in [-0.1, -0.05) is 6.92 Å². The summed E-state index contributed by atoms with van der Waals surface area (Å²) in [4.78, 5) is 30.3. The summed E-state index contributed by atoms with van der Waals surface area (Å²) >= 11 is 0. The first-order valence-corrected chi connectivity index (χ1v) is 8.37. The zero-order valence-corrected chi connectivity index (χ0v) is 14.1. The Bertz CT molecular complexity index is 1040. The number of aromatic nitrogens is 1. The number of nitrogens with zero attached hydrogens (tertiary/aromatic N) is 1. The highest BCUT2D eigenvalue weighted by Crippen LogP contribution is 2.37. The second-order valence-corrected chi connectivity index (χ2v) is 6.34. The Labute approximate surface area is 144 Å². The summed E-state index contributed by atoms with van der Waals surface area (Å²) in [5, 5.41) is 14.5. The molecule has 3 N–H and O–H groups in total. The Morgan fingerprint density at radius 3 is 2.76 bits per heavy atom. The number of nitrogens with one attached hydrogen (secondary N) is 2. The van der Waals surface area contributed by atoms with E-state index in [9.17, 15) is 14.7 Å². The molecule has 1 aromatic heterocycles. The number of rotatable bonds is 4. The molecule has 0 atom stereocenters. The van der Waals surface area contributed by atoms with Crippen molar-refractivity contribution in [2.45, 2.75) is 13.8 Å². The molecular formula is C19H19N3O3. The molecule has 1 aliphatic rings. The highest BCUT2D eigenvalue weighted by Gasteiger charge is 2.38. The smallest absolute Gasteiger partial charge is 0.262 e. The molecule has 0 spiro atoms. The number of aromatic amines is 1. The van der Waals surface area contributed by atoms with E-state index < -0.39 is 0 Å². The van der Waals surface area contributed by atoms with Crippen molar-refractivity contribution in [3.05, 3.63) is 41.0 Å². The van der Waals surface area contributed by atoms with Gasteiger partial charge in [0.05, 0.1) is 16.6 Å². The topological polar surface area (TPSA) is 85.4 Å². The van der Waals surface area contributed by atoms with Crippen molar-refractivity contribution in [3.8, 4) is 5.75 Å². The van der Waals surface area contributed by atoms with Crippen molar-refractivity contribution in [2.24, 2.45) is 0 Å². The van der Waals surface area contributed by atoms with Gasteiger partial charge < -0.3 is 15.4 Å². The second-order valence-electron chi connectivity index (χ2n) is 6.34. The molecule has 0 unspecified atom stereocenters. The predicted molar refractivity (Wildman–Crippen MR) is 96.1 cm³/mol. The lowest BCUT2D eigenvalue weighted by atomic mass is 9.99. The van der Waals surface area contributed by atoms with Gasteiger partial charge in [0.25, 0.3) is 11.8 Å².